The highest BCUT2D eigenvalue weighted by Gasteiger charge is 2.22. The van der Waals surface area contributed by atoms with Gasteiger partial charge in [0.25, 0.3) is 0 Å². The van der Waals surface area contributed by atoms with Gasteiger partial charge in [-0.15, -0.1) is 24.0 Å². The molecule has 1 fully saturated rings. The Balaban J connectivity index is 0.00000341. The second-order valence-corrected chi connectivity index (χ2v) is 7.40. The number of aliphatic imine (C=N–C) groups is 1. The van der Waals surface area contributed by atoms with E-state index in [0.29, 0.717) is 12.4 Å². The Bertz CT molecular complexity index is 793. The molecule has 1 aromatic carbocycles. The smallest absolute Gasteiger partial charge is 0.212 e. The van der Waals surface area contributed by atoms with Crippen molar-refractivity contribution in [2.24, 2.45) is 4.99 Å². The van der Waals surface area contributed by atoms with Crippen molar-refractivity contribution in [1.29, 1.82) is 0 Å². The van der Waals surface area contributed by atoms with Gasteiger partial charge in [-0.3, -0.25) is 9.89 Å². The summed E-state index contributed by atoms with van der Waals surface area (Å²) in [6.45, 7) is 3.68. The second kappa shape index (κ2) is 13.4. The lowest BCUT2D eigenvalue weighted by molar-refractivity contribution is 0.164. The molecule has 31 heavy (non-hydrogen) atoms. The van der Waals surface area contributed by atoms with Gasteiger partial charge in [-0.25, -0.2) is 4.98 Å². The first-order valence-corrected chi connectivity index (χ1v) is 10.5. The van der Waals surface area contributed by atoms with Gasteiger partial charge in [-0.05, 0) is 49.2 Å². The zero-order chi connectivity index (χ0) is 21.2. The van der Waals surface area contributed by atoms with Gasteiger partial charge in [0.2, 0.25) is 5.88 Å². The fourth-order valence-corrected chi connectivity index (χ4v) is 3.75. The quantitative estimate of drug-likeness (QED) is 0.304. The predicted octanol–water partition coefficient (Wildman–Crippen LogP) is 3.61. The van der Waals surface area contributed by atoms with E-state index in [4.69, 9.17) is 9.47 Å². The highest BCUT2D eigenvalue weighted by molar-refractivity contribution is 14.0. The number of halogens is 1. The number of likely N-dealkylation sites (tertiary alicyclic amines) is 1. The van der Waals surface area contributed by atoms with Gasteiger partial charge < -0.3 is 20.1 Å². The van der Waals surface area contributed by atoms with E-state index in [1.165, 1.54) is 24.8 Å². The van der Waals surface area contributed by atoms with E-state index in [1.807, 2.05) is 30.5 Å². The maximum Gasteiger partial charge on any atom is 0.212 e. The summed E-state index contributed by atoms with van der Waals surface area (Å²) in [6, 6.07) is 12.6. The van der Waals surface area contributed by atoms with Crippen LogP contribution in [0.3, 0.4) is 0 Å². The standard InChI is InChI=1S/C23H33N5O2.HI/c1-24-23(26-16-18-7-12-22(30-3)25-15-18)27-17-21(28-13-5-4-6-14-28)19-8-10-20(29-2)11-9-19;/h7-12,15,21H,4-6,13-14,16-17H2,1-3H3,(H2,24,26,27);1H. The number of piperidine rings is 1. The number of nitrogens with one attached hydrogen (secondary N) is 2. The number of guanidine groups is 1. The van der Waals surface area contributed by atoms with Gasteiger partial charge in [0.1, 0.15) is 5.75 Å². The molecular formula is C23H34IN5O2. The third-order valence-corrected chi connectivity index (χ3v) is 5.49. The van der Waals surface area contributed by atoms with Crippen molar-refractivity contribution < 1.29 is 9.47 Å². The van der Waals surface area contributed by atoms with Crippen molar-refractivity contribution in [2.75, 3.05) is 40.9 Å². The average Bonchev–Trinajstić information content (AvgIpc) is 2.82. The minimum absolute atomic E-state index is 0. The number of ether oxygens (including phenoxy) is 2. The zero-order valence-corrected chi connectivity index (χ0v) is 21.0. The molecule has 1 unspecified atom stereocenters. The molecule has 2 aromatic rings. The molecule has 7 nitrogen and oxygen atoms in total. The monoisotopic (exact) mass is 539 g/mol. The molecule has 170 valence electrons. The number of pyridine rings is 1. The van der Waals surface area contributed by atoms with Crippen LogP contribution in [0.5, 0.6) is 11.6 Å². The number of benzene rings is 1. The maximum atomic E-state index is 5.33. The molecule has 8 heteroatoms. The SMILES string of the molecule is CN=C(NCc1ccc(OC)nc1)NCC(c1ccc(OC)cc1)N1CCCCC1.I. The molecule has 2 heterocycles. The third-order valence-electron chi connectivity index (χ3n) is 5.49. The zero-order valence-electron chi connectivity index (χ0n) is 18.6. The van der Waals surface area contributed by atoms with Crippen LogP contribution in [0.25, 0.3) is 0 Å². The fourth-order valence-electron chi connectivity index (χ4n) is 3.75. The van der Waals surface area contributed by atoms with E-state index >= 15 is 0 Å². The van der Waals surface area contributed by atoms with Gasteiger partial charge in [-0.2, -0.15) is 0 Å². The van der Waals surface area contributed by atoms with Gasteiger partial charge in [0, 0.05) is 32.4 Å². The van der Waals surface area contributed by atoms with E-state index in [9.17, 15) is 0 Å². The number of hydrogen-bond donors (Lipinski definition) is 2. The van der Waals surface area contributed by atoms with Crippen LogP contribution in [-0.4, -0.2) is 56.7 Å². The van der Waals surface area contributed by atoms with Crippen LogP contribution in [0, 0.1) is 0 Å². The van der Waals surface area contributed by atoms with Crippen molar-refractivity contribution in [2.45, 2.75) is 31.8 Å². The Morgan fingerprint density at radius 3 is 2.35 bits per heavy atom. The number of aromatic nitrogens is 1. The van der Waals surface area contributed by atoms with Crippen LogP contribution in [0.15, 0.2) is 47.6 Å². The van der Waals surface area contributed by atoms with Crippen LogP contribution < -0.4 is 20.1 Å². The Hall–Kier alpha value is -2.07. The van der Waals surface area contributed by atoms with Crippen LogP contribution in [0.1, 0.15) is 36.4 Å². The Morgan fingerprint density at radius 1 is 1.03 bits per heavy atom. The molecular weight excluding hydrogens is 505 g/mol. The molecule has 1 atom stereocenters. The minimum atomic E-state index is 0. The van der Waals surface area contributed by atoms with Crippen molar-refractivity contribution in [3.63, 3.8) is 0 Å². The summed E-state index contributed by atoms with van der Waals surface area (Å²) in [5, 5.41) is 6.88. The number of hydrogen-bond acceptors (Lipinski definition) is 5. The van der Waals surface area contributed by atoms with Gasteiger partial charge in [-0.1, -0.05) is 24.6 Å². The average molecular weight is 539 g/mol. The molecule has 1 aliphatic heterocycles. The molecule has 2 N–H and O–H groups in total. The van der Waals surface area contributed by atoms with E-state index in [0.717, 1.165) is 36.9 Å². The summed E-state index contributed by atoms with van der Waals surface area (Å²) in [5.41, 5.74) is 2.36. The molecule has 3 rings (SSSR count). The van der Waals surface area contributed by atoms with Crippen LogP contribution in [-0.2, 0) is 6.54 Å². The van der Waals surface area contributed by atoms with Crippen LogP contribution in [0.4, 0.5) is 0 Å². The molecule has 0 bridgehead atoms. The maximum absolute atomic E-state index is 5.33. The first-order chi connectivity index (χ1) is 14.7. The van der Waals surface area contributed by atoms with Crippen LogP contribution in [0.2, 0.25) is 0 Å². The van der Waals surface area contributed by atoms with E-state index < -0.39 is 0 Å². The second-order valence-electron chi connectivity index (χ2n) is 7.40. The van der Waals surface area contributed by atoms with E-state index in [1.54, 1.807) is 21.3 Å². The van der Waals surface area contributed by atoms with Gasteiger partial charge in [0.05, 0.1) is 20.3 Å². The molecule has 0 saturated carbocycles. The summed E-state index contributed by atoms with van der Waals surface area (Å²) in [7, 11) is 5.12. The van der Waals surface area contributed by atoms with Crippen LogP contribution >= 0.6 is 24.0 Å². The fraction of sp³-hybridized carbons (Fsp3) is 0.478. The Labute approximate surface area is 202 Å². The largest absolute Gasteiger partial charge is 0.497 e. The van der Waals surface area contributed by atoms with E-state index in [2.05, 4.69) is 37.6 Å². The lowest BCUT2D eigenvalue weighted by atomic mass is 10.0. The van der Waals surface area contributed by atoms with Crippen molar-refractivity contribution in [1.82, 2.24) is 20.5 Å². The number of methoxy groups -OCH3 is 2. The number of rotatable bonds is 8. The lowest BCUT2D eigenvalue weighted by Gasteiger charge is -2.35. The van der Waals surface area contributed by atoms with Crippen molar-refractivity contribution >= 4 is 29.9 Å². The first-order valence-electron chi connectivity index (χ1n) is 10.5. The highest BCUT2D eigenvalue weighted by atomic mass is 127. The topological polar surface area (TPSA) is 71.0 Å². The Kier molecular flexibility index (Phi) is 10.9. The lowest BCUT2D eigenvalue weighted by Crippen LogP contribution is -2.44. The molecule has 0 radical (unpaired) electrons. The summed E-state index contributed by atoms with van der Waals surface area (Å²) >= 11 is 0. The van der Waals surface area contributed by atoms with Gasteiger partial charge in [0.15, 0.2) is 5.96 Å². The molecule has 0 amide bonds. The van der Waals surface area contributed by atoms with E-state index in [-0.39, 0.29) is 30.0 Å². The summed E-state index contributed by atoms with van der Waals surface area (Å²) in [6.07, 6.45) is 5.64. The minimum Gasteiger partial charge on any atom is -0.497 e. The summed E-state index contributed by atoms with van der Waals surface area (Å²) < 4.78 is 10.4. The van der Waals surface area contributed by atoms with Gasteiger partial charge >= 0.3 is 0 Å². The van der Waals surface area contributed by atoms with Crippen molar-refractivity contribution in [3.8, 4) is 11.6 Å². The third kappa shape index (κ3) is 7.53. The predicted molar refractivity (Wildman–Crippen MR) is 136 cm³/mol. The summed E-state index contributed by atoms with van der Waals surface area (Å²) in [5.74, 6) is 2.28. The molecule has 0 aliphatic carbocycles. The normalized spacial score (nSPS) is 15.5. The first kappa shape index (κ1) is 25.2. The molecule has 1 aliphatic rings. The molecule has 1 saturated heterocycles. The molecule has 1 aromatic heterocycles. The highest BCUT2D eigenvalue weighted by Crippen LogP contribution is 2.25. The Morgan fingerprint density at radius 2 is 1.77 bits per heavy atom. The molecule has 0 spiro atoms. The number of nitrogens with zero attached hydrogens (tertiary/aromatic N) is 3. The van der Waals surface area contributed by atoms with Crippen molar-refractivity contribution in [3.05, 3.63) is 53.7 Å². The summed E-state index contributed by atoms with van der Waals surface area (Å²) in [4.78, 5) is 11.2.